The van der Waals surface area contributed by atoms with Gasteiger partial charge in [-0.15, -0.1) is 0 Å². The lowest BCUT2D eigenvalue weighted by Gasteiger charge is -2.27. The summed E-state index contributed by atoms with van der Waals surface area (Å²) in [7, 11) is 0. The molecule has 4 unspecified atom stereocenters. The molecule has 7 heteroatoms. The molecule has 3 fully saturated rings. The number of imide groups is 1. The normalized spacial score (nSPS) is 28.7. The molecule has 3 aliphatic rings. The monoisotopic (exact) mass is 412 g/mol. The van der Waals surface area contributed by atoms with Crippen LogP contribution in [0, 0.1) is 17.7 Å². The second-order valence-corrected chi connectivity index (χ2v) is 8.24. The van der Waals surface area contributed by atoms with E-state index in [2.05, 4.69) is 0 Å². The maximum absolute atomic E-state index is 13.4. The zero-order chi connectivity index (χ0) is 20.3. The third-order valence-electron chi connectivity index (χ3n) is 6.33. The van der Waals surface area contributed by atoms with Crippen molar-refractivity contribution in [2.24, 2.45) is 11.8 Å². The Balaban J connectivity index is 1.54. The van der Waals surface area contributed by atoms with Crippen LogP contribution in [0.3, 0.4) is 0 Å². The smallest absolute Gasteiger partial charge is 0.239 e. The minimum atomic E-state index is -0.721. The van der Waals surface area contributed by atoms with Crippen LogP contribution >= 0.6 is 11.6 Å². The summed E-state index contributed by atoms with van der Waals surface area (Å²) in [6.07, 6.45) is 1.66. The number of hydrogen-bond donors (Lipinski definition) is 0. The number of rotatable bonds is 3. The Morgan fingerprint density at radius 2 is 1.62 bits per heavy atom. The molecule has 29 heavy (non-hydrogen) atoms. The van der Waals surface area contributed by atoms with E-state index in [1.54, 1.807) is 24.3 Å². The van der Waals surface area contributed by atoms with Crippen LogP contribution in [0.25, 0.3) is 0 Å². The van der Waals surface area contributed by atoms with Crippen LogP contribution in [0.4, 0.5) is 10.1 Å². The first kappa shape index (κ1) is 18.5. The predicted molar refractivity (Wildman–Crippen MR) is 105 cm³/mol. The van der Waals surface area contributed by atoms with Gasteiger partial charge < -0.3 is 0 Å². The van der Waals surface area contributed by atoms with Gasteiger partial charge in [0.1, 0.15) is 5.82 Å². The van der Waals surface area contributed by atoms with Gasteiger partial charge in [-0.3, -0.25) is 19.3 Å². The average Bonchev–Trinajstić information content (AvgIpc) is 3.35. The number of hydrogen-bond acceptors (Lipinski definition) is 4. The van der Waals surface area contributed by atoms with E-state index in [1.807, 2.05) is 4.90 Å². The van der Waals surface area contributed by atoms with Crippen molar-refractivity contribution in [3.8, 4) is 0 Å². The molecule has 3 heterocycles. The highest BCUT2D eigenvalue weighted by Crippen LogP contribution is 2.48. The van der Waals surface area contributed by atoms with Gasteiger partial charge in [-0.2, -0.15) is 0 Å². The molecular weight excluding hydrogens is 395 g/mol. The third-order valence-corrected chi connectivity index (χ3v) is 6.59. The molecule has 5 rings (SSSR count). The summed E-state index contributed by atoms with van der Waals surface area (Å²) in [6.45, 7) is 0.693. The Morgan fingerprint density at radius 3 is 2.31 bits per heavy atom. The lowest BCUT2D eigenvalue weighted by Crippen LogP contribution is -2.46. The number of amides is 2. The second kappa shape index (κ2) is 6.75. The lowest BCUT2D eigenvalue weighted by molar-refractivity contribution is -0.123. The van der Waals surface area contributed by atoms with Gasteiger partial charge >= 0.3 is 0 Å². The Kier molecular flexibility index (Phi) is 4.29. The summed E-state index contributed by atoms with van der Waals surface area (Å²) in [6, 6.07) is 11.1. The fraction of sp³-hybridized carbons (Fsp3) is 0.318. The maximum Gasteiger partial charge on any atom is 0.239 e. The first-order chi connectivity index (χ1) is 14.0. The van der Waals surface area contributed by atoms with E-state index < -0.39 is 23.7 Å². The molecule has 148 valence electrons. The topological polar surface area (TPSA) is 57.7 Å². The van der Waals surface area contributed by atoms with Crippen molar-refractivity contribution in [3.05, 3.63) is 64.9 Å². The van der Waals surface area contributed by atoms with Crippen molar-refractivity contribution in [2.75, 3.05) is 11.4 Å². The number of carbonyl (C=O) groups is 3. The highest BCUT2D eigenvalue weighted by molar-refractivity contribution is 6.30. The average molecular weight is 413 g/mol. The van der Waals surface area contributed by atoms with Gasteiger partial charge in [-0.25, -0.2) is 9.29 Å². The molecule has 0 bridgehead atoms. The van der Waals surface area contributed by atoms with E-state index in [0.29, 0.717) is 22.8 Å². The number of Topliss-reactive ketones (excluding diaryl/α,β-unsaturated/α-hetero) is 1. The highest BCUT2D eigenvalue weighted by atomic mass is 35.5. The van der Waals surface area contributed by atoms with Crippen LogP contribution in [0.2, 0.25) is 5.02 Å². The number of halogens is 2. The minimum absolute atomic E-state index is 0.122. The fourth-order valence-electron chi connectivity index (χ4n) is 5.14. The van der Waals surface area contributed by atoms with Crippen molar-refractivity contribution < 1.29 is 18.8 Å². The first-order valence-corrected chi connectivity index (χ1v) is 10.0. The molecule has 3 saturated heterocycles. The standard InChI is InChI=1S/C22H18ClFN2O3/c23-13-5-3-12(4-6-13)20(27)19-18-17(16-2-1-11-25(16)19)21(28)26(22(18)29)15-9-7-14(24)8-10-15/h3-10,16-19H,1-2,11H2. The molecule has 0 N–H and O–H groups in total. The van der Waals surface area contributed by atoms with Crippen LogP contribution in [0.5, 0.6) is 0 Å². The summed E-state index contributed by atoms with van der Waals surface area (Å²) in [4.78, 5) is 43.1. The number of carbonyl (C=O) groups excluding carboxylic acids is 3. The van der Waals surface area contributed by atoms with Crippen LogP contribution < -0.4 is 4.90 Å². The molecule has 0 aliphatic carbocycles. The highest BCUT2D eigenvalue weighted by Gasteiger charge is 2.64. The summed E-state index contributed by atoms with van der Waals surface area (Å²) >= 11 is 5.94. The predicted octanol–water partition coefficient (Wildman–Crippen LogP) is 3.31. The lowest BCUT2D eigenvalue weighted by atomic mass is 9.85. The number of ketones is 1. The van der Waals surface area contributed by atoms with E-state index in [0.717, 1.165) is 17.7 Å². The maximum atomic E-state index is 13.4. The molecule has 0 saturated carbocycles. The molecule has 5 nitrogen and oxygen atoms in total. The van der Waals surface area contributed by atoms with Gasteiger partial charge in [0.25, 0.3) is 0 Å². The second-order valence-electron chi connectivity index (χ2n) is 7.80. The fourth-order valence-corrected chi connectivity index (χ4v) is 5.27. The Bertz CT molecular complexity index is 1010. The SMILES string of the molecule is O=C(c1ccc(Cl)cc1)C1C2C(=O)N(c3ccc(F)cc3)C(=O)C2C2CCCN21. The molecule has 2 aromatic carbocycles. The first-order valence-electron chi connectivity index (χ1n) is 9.66. The van der Waals surface area contributed by atoms with Gasteiger partial charge in [0.2, 0.25) is 11.8 Å². The number of anilines is 1. The van der Waals surface area contributed by atoms with E-state index in [-0.39, 0.29) is 23.6 Å². The van der Waals surface area contributed by atoms with Gasteiger partial charge in [0.15, 0.2) is 5.78 Å². The van der Waals surface area contributed by atoms with Gasteiger partial charge in [-0.05, 0) is 67.9 Å². The van der Waals surface area contributed by atoms with E-state index >= 15 is 0 Å². The Labute approximate surface area is 172 Å². The summed E-state index contributed by atoms with van der Waals surface area (Å²) in [5.41, 5.74) is 0.823. The summed E-state index contributed by atoms with van der Waals surface area (Å²) in [5.74, 6) is -2.55. The molecule has 0 radical (unpaired) electrons. The van der Waals surface area contributed by atoms with Gasteiger partial charge in [-0.1, -0.05) is 11.6 Å². The van der Waals surface area contributed by atoms with E-state index in [4.69, 9.17) is 11.6 Å². The zero-order valence-electron chi connectivity index (χ0n) is 15.4. The van der Waals surface area contributed by atoms with Crippen molar-refractivity contribution in [3.63, 3.8) is 0 Å². The molecule has 4 atom stereocenters. The third kappa shape index (κ3) is 2.74. The van der Waals surface area contributed by atoms with Gasteiger partial charge in [0.05, 0.1) is 23.6 Å². The number of benzene rings is 2. The van der Waals surface area contributed by atoms with Crippen molar-refractivity contribution in [2.45, 2.75) is 24.9 Å². The quantitative estimate of drug-likeness (QED) is 0.573. The number of fused-ring (bicyclic) bond motifs is 3. The summed E-state index contributed by atoms with van der Waals surface area (Å²) < 4.78 is 13.3. The molecule has 3 aliphatic heterocycles. The number of nitrogens with zero attached hydrogens (tertiary/aromatic N) is 2. The summed E-state index contributed by atoms with van der Waals surface area (Å²) in [5, 5.41) is 0.527. The van der Waals surface area contributed by atoms with E-state index in [1.165, 1.54) is 24.3 Å². The van der Waals surface area contributed by atoms with Crippen LogP contribution in [0.1, 0.15) is 23.2 Å². The Hall–Kier alpha value is -2.57. The molecule has 0 spiro atoms. The van der Waals surface area contributed by atoms with E-state index in [9.17, 15) is 18.8 Å². The zero-order valence-corrected chi connectivity index (χ0v) is 16.2. The van der Waals surface area contributed by atoms with Crippen molar-refractivity contribution in [1.29, 1.82) is 0 Å². The van der Waals surface area contributed by atoms with Gasteiger partial charge in [0, 0.05) is 16.6 Å². The van der Waals surface area contributed by atoms with Crippen LogP contribution in [0.15, 0.2) is 48.5 Å². The van der Waals surface area contributed by atoms with Crippen molar-refractivity contribution in [1.82, 2.24) is 4.90 Å². The molecule has 2 amide bonds. The molecular formula is C22H18ClFN2O3. The van der Waals surface area contributed by atoms with Crippen LogP contribution in [-0.2, 0) is 9.59 Å². The van der Waals surface area contributed by atoms with Crippen molar-refractivity contribution >= 4 is 34.9 Å². The largest absolute Gasteiger partial charge is 0.292 e. The Morgan fingerprint density at radius 1 is 0.966 bits per heavy atom. The molecule has 2 aromatic rings. The minimum Gasteiger partial charge on any atom is -0.292 e. The van der Waals surface area contributed by atoms with Crippen LogP contribution in [-0.4, -0.2) is 41.1 Å². The molecule has 0 aromatic heterocycles.